The predicted molar refractivity (Wildman–Crippen MR) is 67.3 cm³/mol. The number of Topliss-reactive ketones (excluding diaryl/α,β-unsaturated/α-hetero) is 1. The van der Waals surface area contributed by atoms with Crippen molar-refractivity contribution in [2.75, 3.05) is 11.9 Å². The highest BCUT2D eigenvalue weighted by molar-refractivity contribution is 5.94. The molecule has 0 unspecified atom stereocenters. The molecule has 0 fully saturated rings. The number of benzene rings is 1. The molecule has 4 N–H and O–H groups in total. The van der Waals surface area contributed by atoms with E-state index in [1.165, 1.54) is 19.1 Å². The topological polar surface area (TPSA) is 101 Å². The number of carbonyl (C=O) groups is 3. The molecule has 1 aromatic carbocycles. The van der Waals surface area contributed by atoms with Gasteiger partial charge in [-0.15, -0.1) is 0 Å². The van der Waals surface area contributed by atoms with Crippen LogP contribution >= 0.6 is 0 Å². The summed E-state index contributed by atoms with van der Waals surface area (Å²) in [4.78, 5) is 32.9. The van der Waals surface area contributed by atoms with E-state index in [-0.39, 0.29) is 5.78 Å². The normalized spacial score (nSPS) is 9.61. The molecule has 96 valence electrons. The highest BCUT2D eigenvalue weighted by Crippen LogP contribution is 2.08. The maximum Gasteiger partial charge on any atom is 0.319 e. The lowest BCUT2D eigenvalue weighted by Crippen LogP contribution is -2.30. The zero-order valence-electron chi connectivity index (χ0n) is 10.0. The Morgan fingerprint density at radius 3 is 2.28 bits per heavy atom. The van der Waals surface area contributed by atoms with Crippen LogP contribution < -0.4 is 16.4 Å². The summed E-state index contributed by atoms with van der Waals surface area (Å²) in [7, 11) is 0. The molecule has 1 aromatic rings. The van der Waals surface area contributed by atoms with Gasteiger partial charge in [0.15, 0.2) is 0 Å². The van der Waals surface area contributed by atoms with Crippen molar-refractivity contribution in [3.05, 3.63) is 29.8 Å². The van der Waals surface area contributed by atoms with Crippen molar-refractivity contribution in [1.82, 2.24) is 5.32 Å². The molecule has 6 nitrogen and oxygen atoms in total. The lowest BCUT2D eigenvalue weighted by Gasteiger charge is -2.07. The molecule has 0 radical (unpaired) electrons. The maximum atomic E-state index is 11.4. The Labute approximate surface area is 105 Å². The van der Waals surface area contributed by atoms with E-state index in [9.17, 15) is 14.4 Å². The number of nitrogens with two attached hydrogens (primary N) is 1. The monoisotopic (exact) mass is 249 g/mol. The first-order valence-corrected chi connectivity index (χ1v) is 5.43. The number of carbonyl (C=O) groups excluding carboxylic acids is 3. The molecule has 0 saturated carbocycles. The summed E-state index contributed by atoms with van der Waals surface area (Å²) in [6.07, 6.45) is 0.300. The molecule has 0 atom stereocenters. The minimum atomic E-state index is -0.521. The van der Waals surface area contributed by atoms with Crippen LogP contribution in [-0.2, 0) is 4.79 Å². The van der Waals surface area contributed by atoms with Gasteiger partial charge in [0.2, 0.25) is 5.91 Å². The molecule has 0 aliphatic heterocycles. The largest absolute Gasteiger partial charge is 0.366 e. The Balaban J connectivity index is 2.44. The van der Waals surface area contributed by atoms with Gasteiger partial charge in [-0.3, -0.25) is 9.59 Å². The number of urea groups is 1. The molecule has 0 aliphatic carbocycles. The van der Waals surface area contributed by atoms with Crippen LogP contribution in [0.2, 0.25) is 0 Å². The highest BCUT2D eigenvalue weighted by Gasteiger charge is 2.03. The van der Waals surface area contributed by atoms with E-state index in [1.807, 2.05) is 0 Å². The first-order valence-electron chi connectivity index (χ1n) is 5.43. The predicted octanol–water partition coefficient (Wildman–Crippen LogP) is 0.886. The van der Waals surface area contributed by atoms with Crippen LogP contribution in [0.5, 0.6) is 0 Å². The van der Waals surface area contributed by atoms with Gasteiger partial charge in [0.05, 0.1) is 0 Å². The molecule has 0 aliphatic rings. The van der Waals surface area contributed by atoms with Crippen molar-refractivity contribution in [2.24, 2.45) is 5.73 Å². The van der Waals surface area contributed by atoms with E-state index in [0.29, 0.717) is 24.2 Å². The Kier molecular flexibility index (Phi) is 4.86. The first-order chi connectivity index (χ1) is 8.49. The van der Waals surface area contributed by atoms with E-state index in [4.69, 9.17) is 5.73 Å². The first kappa shape index (κ1) is 13.7. The number of amides is 3. The Bertz CT molecular complexity index is 454. The van der Waals surface area contributed by atoms with Crippen LogP contribution in [0.1, 0.15) is 23.7 Å². The molecule has 0 spiro atoms. The second kappa shape index (κ2) is 6.39. The number of hydrogen-bond donors (Lipinski definition) is 3. The third kappa shape index (κ3) is 4.65. The zero-order valence-corrected chi connectivity index (χ0v) is 10.0. The SMILES string of the molecule is CC(=O)CCNC(=O)Nc1ccc(C(N)=O)cc1. The van der Waals surface area contributed by atoms with Gasteiger partial charge >= 0.3 is 6.03 Å². The van der Waals surface area contributed by atoms with Crippen molar-refractivity contribution < 1.29 is 14.4 Å². The van der Waals surface area contributed by atoms with Crippen LogP contribution in [0, 0.1) is 0 Å². The molecule has 0 saturated heterocycles. The van der Waals surface area contributed by atoms with Gasteiger partial charge in [-0.25, -0.2) is 4.79 Å². The molecule has 1 rings (SSSR count). The van der Waals surface area contributed by atoms with Gasteiger partial charge < -0.3 is 16.4 Å². The van der Waals surface area contributed by atoms with E-state index >= 15 is 0 Å². The zero-order chi connectivity index (χ0) is 13.5. The summed E-state index contributed by atoms with van der Waals surface area (Å²) >= 11 is 0. The van der Waals surface area contributed by atoms with Crippen molar-refractivity contribution in [2.45, 2.75) is 13.3 Å². The average Bonchev–Trinajstić information content (AvgIpc) is 2.29. The summed E-state index contributed by atoms with van der Waals surface area (Å²) in [5.41, 5.74) is 6.00. The molecule has 0 aromatic heterocycles. The van der Waals surface area contributed by atoms with E-state index < -0.39 is 11.9 Å². The fourth-order valence-corrected chi connectivity index (χ4v) is 1.25. The van der Waals surface area contributed by atoms with Gasteiger partial charge in [0, 0.05) is 24.2 Å². The van der Waals surface area contributed by atoms with Crippen LogP contribution in [0.3, 0.4) is 0 Å². The van der Waals surface area contributed by atoms with Gasteiger partial charge in [-0.05, 0) is 31.2 Å². The molecule has 18 heavy (non-hydrogen) atoms. The number of rotatable bonds is 5. The van der Waals surface area contributed by atoms with Crippen LogP contribution in [0.15, 0.2) is 24.3 Å². The quantitative estimate of drug-likeness (QED) is 0.722. The second-order valence-corrected chi connectivity index (χ2v) is 3.77. The maximum absolute atomic E-state index is 11.4. The van der Waals surface area contributed by atoms with Gasteiger partial charge in [0.25, 0.3) is 0 Å². The van der Waals surface area contributed by atoms with E-state index in [0.717, 1.165) is 0 Å². The minimum Gasteiger partial charge on any atom is -0.366 e. The Morgan fingerprint density at radius 1 is 1.17 bits per heavy atom. The van der Waals surface area contributed by atoms with Crippen LogP contribution in [0.25, 0.3) is 0 Å². The lowest BCUT2D eigenvalue weighted by molar-refractivity contribution is -0.116. The Morgan fingerprint density at radius 2 is 1.78 bits per heavy atom. The van der Waals surface area contributed by atoms with Gasteiger partial charge in [-0.2, -0.15) is 0 Å². The fourth-order valence-electron chi connectivity index (χ4n) is 1.25. The molecule has 0 heterocycles. The number of primary amides is 1. The highest BCUT2D eigenvalue weighted by atomic mass is 16.2. The number of hydrogen-bond acceptors (Lipinski definition) is 3. The van der Waals surface area contributed by atoms with Crippen molar-refractivity contribution in [1.29, 1.82) is 0 Å². The molecule has 6 heteroatoms. The standard InChI is InChI=1S/C12H15N3O3/c1-8(16)6-7-14-12(18)15-10-4-2-9(3-5-10)11(13)17/h2-5H,6-7H2,1H3,(H2,13,17)(H2,14,15,18). The molecular formula is C12H15N3O3. The van der Waals surface area contributed by atoms with Gasteiger partial charge in [-0.1, -0.05) is 0 Å². The summed E-state index contributed by atoms with van der Waals surface area (Å²) in [6.45, 7) is 1.75. The molecular weight excluding hydrogens is 234 g/mol. The number of ketones is 1. The van der Waals surface area contributed by atoms with Crippen molar-refractivity contribution in [3.8, 4) is 0 Å². The number of anilines is 1. The average molecular weight is 249 g/mol. The summed E-state index contributed by atoms with van der Waals surface area (Å²) < 4.78 is 0. The van der Waals surface area contributed by atoms with Gasteiger partial charge in [0.1, 0.15) is 5.78 Å². The van der Waals surface area contributed by atoms with Crippen molar-refractivity contribution in [3.63, 3.8) is 0 Å². The van der Waals surface area contributed by atoms with E-state index in [2.05, 4.69) is 10.6 Å². The van der Waals surface area contributed by atoms with E-state index in [1.54, 1.807) is 12.1 Å². The fraction of sp³-hybridized carbons (Fsp3) is 0.250. The molecule has 0 bridgehead atoms. The minimum absolute atomic E-state index is 0.0149. The summed E-state index contributed by atoms with van der Waals surface area (Å²) in [6, 6.07) is 5.79. The van der Waals surface area contributed by atoms with Crippen molar-refractivity contribution >= 4 is 23.4 Å². The van der Waals surface area contributed by atoms with Crippen LogP contribution in [0.4, 0.5) is 10.5 Å². The smallest absolute Gasteiger partial charge is 0.319 e. The lowest BCUT2D eigenvalue weighted by atomic mass is 10.2. The second-order valence-electron chi connectivity index (χ2n) is 3.77. The Hall–Kier alpha value is -2.37. The third-order valence-corrected chi connectivity index (χ3v) is 2.19. The number of nitrogens with one attached hydrogen (secondary N) is 2. The van der Waals surface area contributed by atoms with Crippen LogP contribution in [-0.4, -0.2) is 24.3 Å². The summed E-state index contributed by atoms with van der Waals surface area (Å²) in [5, 5.41) is 5.11. The third-order valence-electron chi connectivity index (χ3n) is 2.19. The molecule has 3 amide bonds. The summed E-state index contributed by atoms with van der Waals surface area (Å²) in [5.74, 6) is -0.506.